The minimum Gasteiger partial charge on any atom is -0.344 e. The Labute approximate surface area is 173 Å². The fraction of sp³-hybridized carbons (Fsp3) is 0.636. The molecule has 0 aliphatic heterocycles. The Hall–Kier alpha value is -1.89. The van der Waals surface area contributed by atoms with Gasteiger partial charge in [-0.1, -0.05) is 44.2 Å². The van der Waals surface area contributed by atoms with Gasteiger partial charge in [0.15, 0.2) is 9.84 Å². The number of hydrogen-bond acceptors (Lipinski definition) is 4. The maximum Gasteiger partial charge on any atom is 0.247 e. The van der Waals surface area contributed by atoms with Crippen molar-refractivity contribution in [2.24, 2.45) is 5.92 Å². The van der Waals surface area contributed by atoms with Crippen molar-refractivity contribution >= 4 is 27.3 Å². The molecular formula is C22H32N2O4S. The summed E-state index contributed by atoms with van der Waals surface area (Å²) in [5.74, 6) is -0.309. The molecule has 2 fully saturated rings. The Morgan fingerprint density at radius 3 is 2.34 bits per heavy atom. The number of amides is 2. The molecule has 0 bridgehead atoms. The fourth-order valence-electron chi connectivity index (χ4n) is 4.64. The van der Waals surface area contributed by atoms with E-state index in [-0.39, 0.29) is 28.7 Å². The highest BCUT2D eigenvalue weighted by molar-refractivity contribution is 7.91. The van der Waals surface area contributed by atoms with Gasteiger partial charge >= 0.3 is 0 Å². The van der Waals surface area contributed by atoms with Crippen LogP contribution in [-0.4, -0.2) is 31.5 Å². The van der Waals surface area contributed by atoms with Crippen LogP contribution in [0.5, 0.6) is 0 Å². The van der Waals surface area contributed by atoms with Gasteiger partial charge in [-0.05, 0) is 49.3 Å². The van der Waals surface area contributed by atoms with Crippen molar-refractivity contribution < 1.29 is 18.0 Å². The second kappa shape index (κ2) is 9.74. The van der Waals surface area contributed by atoms with E-state index < -0.39 is 15.9 Å². The van der Waals surface area contributed by atoms with Crippen molar-refractivity contribution in [3.63, 3.8) is 0 Å². The third kappa shape index (κ3) is 6.04. The molecule has 2 N–H and O–H groups in total. The minimum absolute atomic E-state index is 0.000866. The highest BCUT2D eigenvalue weighted by atomic mass is 32.2. The van der Waals surface area contributed by atoms with E-state index in [1.165, 1.54) is 6.92 Å². The van der Waals surface area contributed by atoms with E-state index in [2.05, 4.69) is 10.6 Å². The number of carbonyl (C=O) groups is 2. The number of sulfone groups is 1. The summed E-state index contributed by atoms with van der Waals surface area (Å²) < 4.78 is 25.5. The van der Waals surface area contributed by atoms with E-state index in [1.807, 2.05) is 0 Å². The molecule has 1 aromatic carbocycles. The Morgan fingerprint density at radius 2 is 1.69 bits per heavy atom. The molecule has 3 rings (SSSR count). The van der Waals surface area contributed by atoms with Crippen LogP contribution < -0.4 is 10.6 Å². The number of rotatable bonds is 7. The summed E-state index contributed by atoms with van der Waals surface area (Å²) in [5.41, 5.74) is 1.25. The molecule has 1 aromatic rings. The summed E-state index contributed by atoms with van der Waals surface area (Å²) in [6.07, 6.45) is 8.57. The first-order chi connectivity index (χ1) is 13.8. The zero-order chi connectivity index (χ0) is 20.9. The lowest BCUT2D eigenvalue weighted by Crippen LogP contribution is -2.47. The Bertz CT molecular complexity index is 825. The first kappa shape index (κ1) is 21.8. The number of hydrogen-bond donors (Lipinski definition) is 2. The van der Waals surface area contributed by atoms with Crippen LogP contribution in [0.2, 0.25) is 0 Å². The second-order valence-corrected chi connectivity index (χ2v) is 10.8. The fourth-order valence-corrected chi connectivity index (χ4v) is 6.57. The molecule has 0 spiro atoms. The molecule has 0 heterocycles. The quantitative estimate of drug-likeness (QED) is 0.705. The van der Waals surface area contributed by atoms with Crippen molar-refractivity contribution in [1.29, 1.82) is 0 Å². The Balaban J connectivity index is 1.68. The van der Waals surface area contributed by atoms with Crippen LogP contribution in [0.4, 0.5) is 5.69 Å². The maximum atomic E-state index is 12.8. The van der Waals surface area contributed by atoms with E-state index in [4.69, 9.17) is 0 Å². The maximum absolute atomic E-state index is 12.8. The van der Waals surface area contributed by atoms with Gasteiger partial charge in [-0.3, -0.25) is 9.59 Å². The molecule has 7 heteroatoms. The lowest BCUT2D eigenvalue weighted by Gasteiger charge is -2.23. The molecular weight excluding hydrogens is 388 g/mol. The minimum atomic E-state index is -3.20. The van der Waals surface area contributed by atoms with Gasteiger partial charge < -0.3 is 10.6 Å². The van der Waals surface area contributed by atoms with Crippen LogP contribution in [0.1, 0.15) is 70.3 Å². The van der Waals surface area contributed by atoms with Gasteiger partial charge in [0, 0.05) is 12.6 Å². The van der Waals surface area contributed by atoms with E-state index in [9.17, 15) is 18.0 Å². The Kier molecular flexibility index (Phi) is 7.33. The van der Waals surface area contributed by atoms with Crippen LogP contribution in [-0.2, 0) is 25.2 Å². The third-order valence-electron chi connectivity index (χ3n) is 6.13. The van der Waals surface area contributed by atoms with Crippen LogP contribution >= 0.6 is 0 Å². The average molecular weight is 421 g/mol. The standard InChI is InChI=1S/C22H32N2O4S/c1-16(25)23-21(18-9-5-6-10-18)22(26)24-19-11-7-8-17(14-19)15-29(27,28)20-12-3-2-4-13-20/h7-8,11,14,18,20-21H,2-6,9-10,12-13,15H2,1H3,(H,23,25)(H,24,26). The zero-order valence-electron chi connectivity index (χ0n) is 17.2. The predicted molar refractivity (Wildman–Crippen MR) is 114 cm³/mol. The molecule has 0 saturated heterocycles. The van der Waals surface area contributed by atoms with Gasteiger partial charge in [0.1, 0.15) is 6.04 Å². The van der Waals surface area contributed by atoms with Crippen molar-refractivity contribution in [2.45, 2.75) is 81.8 Å². The molecule has 2 amide bonds. The summed E-state index contributed by atoms with van der Waals surface area (Å²) in [6, 6.07) is 6.50. The first-order valence-corrected chi connectivity index (χ1v) is 12.4. The molecule has 2 aliphatic rings. The molecule has 0 radical (unpaired) electrons. The summed E-state index contributed by atoms with van der Waals surface area (Å²) in [5, 5.41) is 5.42. The van der Waals surface area contributed by atoms with Gasteiger partial charge in [-0.2, -0.15) is 0 Å². The number of nitrogens with one attached hydrogen (secondary N) is 2. The summed E-state index contributed by atoms with van der Waals surface area (Å²) in [7, 11) is -3.20. The molecule has 0 aromatic heterocycles. The predicted octanol–water partition coefficient (Wildman–Crippen LogP) is 3.57. The number of anilines is 1. The highest BCUT2D eigenvalue weighted by Crippen LogP contribution is 2.29. The average Bonchev–Trinajstić information content (AvgIpc) is 3.21. The molecule has 29 heavy (non-hydrogen) atoms. The normalized spacial score (nSPS) is 19.6. The molecule has 1 unspecified atom stereocenters. The summed E-state index contributed by atoms with van der Waals surface area (Å²) >= 11 is 0. The van der Waals surface area contributed by atoms with Crippen molar-refractivity contribution in [3.8, 4) is 0 Å². The van der Waals surface area contributed by atoms with Gasteiger partial charge in [0.05, 0.1) is 11.0 Å². The number of carbonyl (C=O) groups excluding carboxylic acids is 2. The van der Waals surface area contributed by atoms with Crippen LogP contribution in [0.15, 0.2) is 24.3 Å². The van der Waals surface area contributed by atoms with E-state index in [1.54, 1.807) is 24.3 Å². The van der Waals surface area contributed by atoms with Gasteiger partial charge in [0.25, 0.3) is 0 Å². The molecule has 2 aliphatic carbocycles. The molecule has 160 valence electrons. The van der Waals surface area contributed by atoms with Crippen LogP contribution in [0, 0.1) is 5.92 Å². The topological polar surface area (TPSA) is 92.3 Å². The van der Waals surface area contributed by atoms with E-state index in [0.29, 0.717) is 11.3 Å². The first-order valence-electron chi connectivity index (χ1n) is 10.7. The van der Waals surface area contributed by atoms with Crippen molar-refractivity contribution in [3.05, 3.63) is 29.8 Å². The summed E-state index contributed by atoms with van der Waals surface area (Å²) in [4.78, 5) is 24.4. The lowest BCUT2D eigenvalue weighted by molar-refractivity contribution is -0.126. The number of benzene rings is 1. The molecule has 2 saturated carbocycles. The Morgan fingerprint density at radius 1 is 1.03 bits per heavy atom. The van der Waals surface area contributed by atoms with Crippen LogP contribution in [0.3, 0.4) is 0 Å². The van der Waals surface area contributed by atoms with E-state index in [0.717, 1.165) is 57.8 Å². The van der Waals surface area contributed by atoms with E-state index >= 15 is 0 Å². The lowest BCUT2D eigenvalue weighted by atomic mass is 9.97. The highest BCUT2D eigenvalue weighted by Gasteiger charge is 2.31. The molecule has 6 nitrogen and oxygen atoms in total. The molecule has 1 atom stereocenters. The smallest absolute Gasteiger partial charge is 0.247 e. The summed E-state index contributed by atoms with van der Waals surface area (Å²) in [6.45, 7) is 1.42. The van der Waals surface area contributed by atoms with Crippen LogP contribution in [0.25, 0.3) is 0 Å². The van der Waals surface area contributed by atoms with Crippen molar-refractivity contribution in [2.75, 3.05) is 5.32 Å². The largest absolute Gasteiger partial charge is 0.344 e. The monoisotopic (exact) mass is 420 g/mol. The van der Waals surface area contributed by atoms with Gasteiger partial charge in [0.2, 0.25) is 11.8 Å². The van der Waals surface area contributed by atoms with Gasteiger partial charge in [-0.25, -0.2) is 8.42 Å². The third-order valence-corrected chi connectivity index (χ3v) is 8.36. The van der Waals surface area contributed by atoms with Crippen molar-refractivity contribution in [1.82, 2.24) is 5.32 Å². The second-order valence-electron chi connectivity index (χ2n) is 8.48. The zero-order valence-corrected chi connectivity index (χ0v) is 18.0. The van der Waals surface area contributed by atoms with Gasteiger partial charge in [-0.15, -0.1) is 0 Å². The SMILES string of the molecule is CC(=O)NC(C(=O)Nc1cccc(CS(=O)(=O)C2CCCCC2)c1)C1CCCC1.